The number of hydrazine groups is 1. The predicted molar refractivity (Wildman–Crippen MR) is 75.1 cm³/mol. The van der Waals surface area contributed by atoms with Gasteiger partial charge in [0, 0.05) is 25.2 Å². The summed E-state index contributed by atoms with van der Waals surface area (Å²) < 4.78 is 10.8. The van der Waals surface area contributed by atoms with E-state index in [4.69, 9.17) is 9.47 Å². The van der Waals surface area contributed by atoms with Crippen molar-refractivity contribution >= 4 is 23.4 Å². The number of carbonyl (C=O) groups is 3. The van der Waals surface area contributed by atoms with Gasteiger partial charge in [0.15, 0.2) is 11.5 Å². The number of anilines is 1. The summed E-state index contributed by atoms with van der Waals surface area (Å²) in [5.74, 6) is -1.11. The van der Waals surface area contributed by atoms with Crippen LogP contribution in [-0.4, -0.2) is 43.0 Å². The van der Waals surface area contributed by atoms with Crippen molar-refractivity contribution < 1.29 is 23.9 Å². The third-order valence-corrected chi connectivity index (χ3v) is 3.44. The largest absolute Gasteiger partial charge is 0.486 e. The maximum absolute atomic E-state index is 12.0. The molecule has 1 aromatic rings. The molecule has 1 aromatic carbocycles. The molecule has 2 N–H and O–H groups in total. The fraction of sp³-hybridized carbons (Fsp3) is 0.357. The van der Waals surface area contributed by atoms with Gasteiger partial charge in [-0.1, -0.05) is 0 Å². The van der Waals surface area contributed by atoms with Crippen molar-refractivity contribution in [3.63, 3.8) is 0 Å². The molecule has 8 nitrogen and oxygen atoms in total. The molecular weight excluding hydrogens is 290 g/mol. The molecule has 22 heavy (non-hydrogen) atoms. The molecule has 0 spiro atoms. The number of carbonyl (C=O) groups excluding carboxylic acids is 3. The van der Waals surface area contributed by atoms with E-state index in [2.05, 4.69) is 10.7 Å². The Kier molecular flexibility index (Phi) is 3.58. The zero-order chi connectivity index (χ0) is 15.7. The minimum Gasteiger partial charge on any atom is -0.486 e. The Morgan fingerprint density at radius 2 is 2.05 bits per heavy atom. The van der Waals surface area contributed by atoms with Gasteiger partial charge in [0.2, 0.25) is 5.91 Å². The molecule has 0 bridgehead atoms. The molecule has 1 unspecified atom stereocenters. The van der Waals surface area contributed by atoms with Gasteiger partial charge in [-0.3, -0.25) is 24.8 Å². The van der Waals surface area contributed by atoms with Crippen LogP contribution in [0.1, 0.15) is 6.42 Å². The van der Waals surface area contributed by atoms with Crippen LogP contribution >= 0.6 is 0 Å². The normalized spacial score (nSPS) is 19.9. The van der Waals surface area contributed by atoms with Crippen molar-refractivity contribution in [3.8, 4) is 11.5 Å². The van der Waals surface area contributed by atoms with Crippen molar-refractivity contribution in [2.45, 2.75) is 6.42 Å². The Bertz CT molecular complexity index is 645. The van der Waals surface area contributed by atoms with Crippen LogP contribution in [0.2, 0.25) is 0 Å². The topological polar surface area (TPSA) is 97.0 Å². The van der Waals surface area contributed by atoms with Crippen LogP contribution in [0.5, 0.6) is 11.5 Å². The van der Waals surface area contributed by atoms with E-state index in [1.165, 1.54) is 7.05 Å². The number of nitrogens with zero attached hydrogens (tertiary/aromatic N) is 1. The second kappa shape index (κ2) is 5.55. The Morgan fingerprint density at radius 1 is 1.32 bits per heavy atom. The van der Waals surface area contributed by atoms with Crippen LogP contribution in [0.3, 0.4) is 0 Å². The van der Waals surface area contributed by atoms with E-state index in [9.17, 15) is 14.4 Å². The summed E-state index contributed by atoms with van der Waals surface area (Å²) in [6, 6.07) is 5.02. The number of ether oxygens (including phenoxy) is 2. The van der Waals surface area contributed by atoms with Crippen LogP contribution < -0.4 is 20.2 Å². The average molecular weight is 305 g/mol. The van der Waals surface area contributed by atoms with Gasteiger partial charge >= 0.3 is 0 Å². The Morgan fingerprint density at radius 3 is 2.73 bits per heavy atom. The Balaban J connectivity index is 1.65. The summed E-state index contributed by atoms with van der Waals surface area (Å²) in [6.45, 7) is 0.943. The minimum atomic E-state index is -0.984. The number of nitrogens with one attached hydrogen (secondary N) is 2. The van der Waals surface area contributed by atoms with E-state index >= 15 is 0 Å². The molecule has 8 heteroatoms. The summed E-state index contributed by atoms with van der Waals surface area (Å²) in [7, 11) is 1.44. The number of hydrogen-bond acceptors (Lipinski definition) is 5. The lowest BCUT2D eigenvalue weighted by atomic mass is 10.0. The first-order valence-electron chi connectivity index (χ1n) is 6.82. The van der Waals surface area contributed by atoms with E-state index in [1.807, 2.05) is 0 Å². The Labute approximate surface area is 126 Å². The molecule has 116 valence electrons. The average Bonchev–Trinajstić information content (AvgIpc) is 2.73. The molecule has 0 radical (unpaired) electrons. The second-order valence-electron chi connectivity index (χ2n) is 5.04. The first-order chi connectivity index (χ1) is 10.5. The van der Waals surface area contributed by atoms with Crippen LogP contribution in [0.15, 0.2) is 18.2 Å². The van der Waals surface area contributed by atoms with Gasteiger partial charge in [0.1, 0.15) is 19.1 Å². The van der Waals surface area contributed by atoms with Gasteiger partial charge in [0.25, 0.3) is 11.8 Å². The number of fused-ring (bicyclic) bond motifs is 1. The van der Waals surface area contributed by atoms with E-state index in [0.717, 1.165) is 5.01 Å². The first-order valence-corrected chi connectivity index (χ1v) is 6.82. The highest BCUT2D eigenvalue weighted by Crippen LogP contribution is 2.32. The lowest BCUT2D eigenvalue weighted by molar-refractivity contribution is -0.134. The van der Waals surface area contributed by atoms with E-state index in [-0.39, 0.29) is 6.42 Å². The van der Waals surface area contributed by atoms with Crippen molar-refractivity contribution in [1.82, 2.24) is 10.4 Å². The van der Waals surface area contributed by atoms with E-state index in [0.29, 0.717) is 30.4 Å². The fourth-order valence-corrected chi connectivity index (χ4v) is 2.34. The highest BCUT2D eigenvalue weighted by atomic mass is 16.6. The first kappa shape index (κ1) is 14.2. The number of benzene rings is 1. The zero-order valence-corrected chi connectivity index (χ0v) is 11.9. The van der Waals surface area contributed by atoms with Crippen LogP contribution in [-0.2, 0) is 14.4 Å². The van der Waals surface area contributed by atoms with E-state index in [1.54, 1.807) is 18.2 Å². The lowest BCUT2D eigenvalue weighted by Gasteiger charge is -2.19. The van der Waals surface area contributed by atoms with Crippen LogP contribution in [0.4, 0.5) is 5.69 Å². The highest BCUT2D eigenvalue weighted by Gasteiger charge is 2.38. The molecule has 3 rings (SSSR count). The summed E-state index contributed by atoms with van der Waals surface area (Å²) in [4.78, 5) is 35.3. The molecule has 2 heterocycles. The molecule has 0 aromatic heterocycles. The molecule has 1 fully saturated rings. The van der Waals surface area contributed by atoms with Gasteiger partial charge < -0.3 is 14.8 Å². The van der Waals surface area contributed by atoms with Gasteiger partial charge in [-0.25, -0.2) is 0 Å². The van der Waals surface area contributed by atoms with Gasteiger partial charge in [-0.15, -0.1) is 0 Å². The van der Waals surface area contributed by atoms with E-state index < -0.39 is 23.6 Å². The minimum absolute atomic E-state index is 0.205. The van der Waals surface area contributed by atoms with Gasteiger partial charge in [0.05, 0.1) is 0 Å². The van der Waals surface area contributed by atoms with Crippen molar-refractivity contribution in [2.24, 2.45) is 5.92 Å². The maximum Gasteiger partial charge on any atom is 0.253 e. The summed E-state index contributed by atoms with van der Waals surface area (Å²) in [5, 5.41) is 3.74. The maximum atomic E-state index is 12.0. The molecule has 2 aliphatic heterocycles. The fourth-order valence-electron chi connectivity index (χ4n) is 2.34. The lowest BCUT2D eigenvalue weighted by Crippen LogP contribution is -2.31. The quantitative estimate of drug-likeness (QED) is 0.761. The number of hydrogen-bond donors (Lipinski definition) is 2. The number of rotatable bonds is 3. The SMILES string of the molecule is CN1NC(=O)C(CC(=O)Nc2ccc3c(c2)OCCO3)C1=O. The standard InChI is InChI=1S/C14H15N3O5/c1-17-14(20)9(13(19)16-17)7-12(18)15-8-2-3-10-11(6-8)22-5-4-21-10/h2-3,6,9H,4-5,7H2,1H3,(H,15,18)(H,16,19). The van der Waals surface area contributed by atoms with Gasteiger partial charge in [-0.05, 0) is 12.1 Å². The zero-order valence-electron chi connectivity index (χ0n) is 11.9. The van der Waals surface area contributed by atoms with Crippen molar-refractivity contribution in [2.75, 3.05) is 25.6 Å². The molecule has 0 aliphatic carbocycles. The third-order valence-electron chi connectivity index (χ3n) is 3.44. The smallest absolute Gasteiger partial charge is 0.253 e. The monoisotopic (exact) mass is 305 g/mol. The number of amides is 3. The van der Waals surface area contributed by atoms with Crippen molar-refractivity contribution in [3.05, 3.63) is 18.2 Å². The van der Waals surface area contributed by atoms with Crippen molar-refractivity contribution in [1.29, 1.82) is 0 Å². The van der Waals surface area contributed by atoms with Crippen LogP contribution in [0.25, 0.3) is 0 Å². The molecular formula is C14H15N3O5. The molecule has 1 saturated heterocycles. The summed E-state index contributed by atoms with van der Waals surface area (Å²) in [6.07, 6.45) is -0.205. The third kappa shape index (κ3) is 2.67. The predicted octanol–water partition coefficient (Wildman–Crippen LogP) is -0.0942. The summed E-state index contributed by atoms with van der Waals surface area (Å²) >= 11 is 0. The Hall–Kier alpha value is -2.77. The molecule has 2 aliphatic rings. The van der Waals surface area contributed by atoms with Crippen LogP contribution in [0, 0.1) is 5.92 Å². The molecule has 3 amide bonds. The molecule has 0 saturated carbocycles. The summed E-state index contributed by atoms with van der Waals surface area (Å²) in [5.41, 5.74) is 2.88. The highest BCUT2D eigenvalue weighted by molar-refractivity contribution is 6.08. The second-order valence-corrected chi connectivity index (χ2v) is 5.04. The van der Waals surface area contributed by atoms with Gasteiger partial charge in [-0.2, -0.15) is 0 Å². The molecule has 1 atom stereocenters.